The van der Waals surface area contributed by atoms with Crippen molar-refractivity contribution in [2.75, 3.05) is 12.0 Å². The van der Waals surface area contributed by atoms with E-state index < -0.39 is 0 Å². The van der Waals surface area contributed by atoms with Crippen molar-refractivity contribution in [1.82, 2.24) is 0 Å². The van der Waals surface area contributed by atoms with Crippen LogP contribution in [0.2, 0.25) is 5.02 Å². The second kappa shape index (κ2) is 7.87. The smallest absolute Gasteiger partial charge is 0.270 e. The lowest BCUT2D eigenvalue weighted by Crippen LogP contribution is -2.27. The van der Waals surface area contributed by atoms with Crippen LogP contribution in [0.3, 0.4) is 0 Å². The molecule has 2 aromatic carbocycles. The summed E-state index contributed by atoms with van der Waals surface area (Å²) < 4.78 is 5.62. The molecule has 126 valence electrons. The van der Waals surface area contributed by atoms with Gasteiger partial charge in [0.05, 0.1) is 22.7 Å². The van der Waals surface area contributed by atoms with Crippen molar-refractivity contribution in [3.8, 4) is 5.75 Å². The number of methoxy groups -OCH3 is 1. The molecule has 3 nitrogen and oxygen atoms in total. The highest BCUT2D eigenvalue weighted by molar-refractivity contribution is 8.27. The lowest BCUT2D eigenvalue weighted by Gasteiger charge is -2.15. The number of allylic oxidation sites excluding steroid dienone is 2. The Kier molecular flexibility index (Phi) is 5.58. The van der Waals surface area contributed by atoms with Crippen LogP contribution in [0.1, 0.15) is 5.56 Å². The monoisotopic (exact) mass is 387 g/mol. The molecule has 0 spiro atoms. The fourth-order valence-corrected chi connectivity index (χ4v) is 3.81. The number of ether oxygens (including phenoxy) is 1. The second-order valence-electron chi connectivity index (χ2n) is 5.13. The summed E-state index contributed by atoms with van der Waals surface area (Å²) in [6, 6.07) is 15.0. The maximum Gasteiger partial charge on any atom is 0.270 e. The van der Waals surface area contributed by atoms with Crippen molar-refractivity contribution >= 4 is 57.6 Å². The minimum absolute atomic E-state index is 0.158. The summed E-state index contributed by atoms with van der Waals surface area (Å²) in [4.78, 5) is 14.7. The summed E-state index contributed by atoms with van der Waals surface area (Å²) in [6.07, 6.45) is 5.57. The van der Waals surface area contributed by atoms with Crippen LogP contribution in [0.25, 0.3) is 6.08 Å². The summed E-state index contributed by atoms with van der Waals surface area (Å²) in [5, 5.41) is 0.432. The highest BCUT2D eigenvalue weighted by Crippen LogP contribution is 2.37. The van der Waals surface area contributed by atoms with Gasteiger partial charge in [-0.15, -0.1) is 0 Å². The molecule has 0 saturated carbocycles. The molecule has 1 aliphatic heterocycles. The van der Waals surface area contributed by atoms with Gasteiger partial charge in [-0.25, -0.2) is 0 Å². The molecule has 25 heavy (non-hydrogen) atoms. The van der Waals surface area contributed by atoms with Crippen LogP contribution < -0.4 is 9.64 Å². The molecule has 0 radical (unpaired) electrons. The third-order valence-corrected chi connectivity index (χ3v) is 5.14. The van der Waals surface area contributed by atoms with Gasteiger partial charge in [0.25, 0.3) is 5.91 Å². The van der Waals surface area contributed by atoms with Gasteiger partial charge in [-0.3, -0.25) is 9.69 Å². The van der Waals surface area contributed by atoms with Crippen molar-refractivity contribution < 1.29 is 9.53 Å². The average molecular weight is 388 g/mol. The zero-order valence-corrected chi connectivity index (χ0v) is 15.7. The van der Waals surface area contributed by atoms with E-state index in [1.54, 1.807) is 31.4 Å². The molecule has 2 aromatic rings. The molecule has 0 bridgehead atoms. The maximum atomic E-state index is 12.7. The number of benzene rings is 2. The molecule has 0 atom stereocenters. The first-order valence-corrected chi connectivity index (χ1v) is 9.03. The minimum Gasteiger partial charge on any atom is -0.495 e. The molecule has 3 rings (SSSR count). The quantitative estimate of drug-likeness (QED) is 0.525. The lowest BCUT2D eigenvalue weighted by atomic mass is 10.2. The highest BCUT2D eigenvalue weighted by Gasteiger charge is 2.33. The molecule has 0 N–H and O–H groups in total. The van der Waals surface area contributed by atoms with Crippen molar-refractivity contribution in [1.29, 1.82) is 0 Å². The molecule has 0 aliphatic carbocycles. The van der Waals surface area contributed by atoms with Crippen molar-refractivity contribution in [3.05, 3.63) is 76.2 Å². The lowest BCUT2D eigenvalue weighted by molar-refractivity contribution is -0.113. The van der Waals surface area contributed by atoms with Crippen LogP contribution in [-0.4, -0.2) is 17.3 Å². The predicted molar refractivity (Wildman–Crippen MR) is 109 cm³/mol. The van der Waals surface area contributed by atoms with Gasteiger partial charge in [0.15, 0.2) is 4.32 Å². The third kappa shape index (κ3) is 3.95. The molecule has 1 saturated heterocycles. The first-order valence-electron chi connectivity index (χ1n) is 7.43. The van der Waals surface area contributed by atoms with Crippen molar-refractivity contribution in [3.63, 3.8) is 0 Å². The first kappa shape index (κ1) is 17.7. The fourth-order valence-electron chi connectivity index (χ4n) is 2.31. The van der Waals surface area contributed by atoms with Gasteiger partial charge >= 0.3 is 0 Å². The molecule has 6 heteroatoms. The normalized spacial score (nSPS) is 16.2. The maximum absolute atomic E-state index is 12.7. The summed E-state index contributed by atoms with van der Waals surface area (Å²) in [5.41, 5.74) is 1.69. The zero-order valence-electron chi connectivity index (χ0n) is 13.3. The molecule has 1 heterocycles. The molecule has 1 amide bonds. The summed E-state index contributed by atoms with van der Waals surface area (Å²) in [7, 11) is 1.54. The average Bonchev–Trinajstić information content (AvgIpc) is 2.89. The Morgan fingerprint density at radius 2 is 1.96 bits per heavy atom. The van der Waals surface area contributed by atoms with Gasteiger partial charge in [0, 0.05) is 0 Å². The van der Waals surface area contributed by atoms with E-state index in [9.17, 15) is 4.79 Å². The van der Waals surface area contributed by atoms with Crippen LogP contribution in [0.15, 0.2) is 65.6 Å². The summed E-state index contributed by atoms with van der Waals surface area (Å²) in [6.45, 7) is 0. The SMILES string of the molecule is COc1ccc(N2C(=O)/C(=C/C=C/c3ccccc3)SC2=S)cc1Cl. The topological polar surface area (TPSA) is 29.5 Å². The van der Waals surface area contributed by atoms with Gasteiger partial charge in [0.1, 0.15) is 5.75 Å². The molecule has 0 aromatic heterocycles. The van der Waals surface area contributed by atoms with E-state index in [2.05, 4.69) is 0 Å². The number of carbonyl (C=O) groups is 1. The number of amides is 1. The number of hydrogen-bond donors (Lipinski definition) is 0. The van der Waals surface area contributed by atoms with E-state index in [0.29, 0.717) is 25.7 Å². The Hall–Kier alpha value is -2.08. The van der Waals surface area contributed by atoms with Crippen molar-refractivity contribution in [2.45, 2.75) is 0 Å². The Morgan fingerprint density at radius 1 is 1.20 bits per heavy atom. The molecular formula is C19H14ClNO2S2. The third-order valence-electron chi connectivity index (χ3n) is 3.52. The highest BCUT2D eigenvalue weighted by atomic mass is 35.5. The fraction of sp³-hybridized carbons (Fsp3) is 0.0526. The van der Waals surface area contributed by atoms with Gasteiger partial charge in [-0.2, -0.15) is 0 Å². The van der Waals surface area contributed by atoms with E-state index in [1.807, 2.05) is 42.5 Å². The van der Waals surface area contributed by atoms with E-state index in [0.717, 1.165) is 5.56 Å². The van der Waals surface area contributed by atoms with Crippen LogP contribution in [0, 0.1) is 0 Å². The number of carbonyl (C=O) groups excluding carboxylic acids is 1. The molecule has 1 aliphatic rings. The van der Waals surface area contributed by atoms with Crippen LogP contribution in [0.5, 0.6) is 5.75 Å². The molecular weight excluding hydrogens is 374 g/mol. The predicted octanol–water partition coefficient (Wildman–Crippen LogP) is 5.31. The molecule has 0 unspecified atom stereocenters. The van der Waals surface area contributed by atoms with Crippen LogP contribution in [0.4, 0.5) is 5.69 Å². The number of thiocarbonyl (C=S) groups is 1. The number of halogens is 1. The number of hydrogen-bond acceptors (Lipinski definition) is 4. The van der Waals surface area contributed by atoms with Gasteiger partial charge < -0.3 is 4.74 Å². The number of thioether (sulfide) groups is 1. The van der Waals surface area contributed by atoms with E-state index in [-0.39, 0.29) is 5.91 Å². The van der Waals surface area contributed by atoms with E-state index in [1.165, 1.54) is 16.7 Å². The Balaban J connectivity index is 1.81. The number of nitrogens with zero attached hydrogens (tertiary/aromatic N) is 1. The zero-order chi connectivity index (χ0) is 17.8. The summed E-state index contributed by atoms with van der Waals surface area (Å²) in [5.74, 6) is 0.395. The first-order chi connectivity index (χ1) is 12.1. The van der Waals surface area contributed by atoms with E-state index >= 15 is 0 Å². The van der Waals surface area contributed by atoms with Gasteiger partial charge in [-0.05, 0) is 29.8 Å². The van der Waals surface area contributed by atoms with Crippen LogP contribution >= 0.6 is 35.6 Å². The number of anilines is 1. The second-order valence-corrected chi connectivity index (χ2v) is 7.21. The Morgan fingerprint density at radius 3 is 2.64 bits per heavy atom. The van der Waals surface area contributed by atoms with E-state index in [4.69, 9.17) is 28.6 Å². The number of rotatable bonds is 4. The standard InChI is InChI=1S/C19H14ClNO2S2/c1-23-16-11-10-14(12-15(16)20)21-18(22)17(25-19(21)24)9-5-8-13-6-3-2-4-7-13/h2-12H,1H3/b8-5+,17-9-. The summed E-state index contributed by atoms with van der Waals surface area (Å²) >= 11 is 12.8. The van der Waals surface area contributed by atoms with Crippen LogP contribution in [-0.2, 0) is 4.79 Å². The minimum atomic E-state index is -0.158. The van der Waals surface area contributed by atoms with Crippen molar-refractivity contribution in [2.24, 2.45) is 0 Å². The van der Waals surface area contributed by atoms with Gasteiger partial charge in [0.2, 0.25) is 0 Å². The Labute approximate surface area is 160 Å². The Bertz CT molecular complexity index is 878. The largest absolute Gasteiger partial charge is 0.495 e. The molecule has 1 fully saturated rings. The van der Waals surface area contributed by atoms with Gasteiger partial charge in [-0.1, -0.05) is 78.1 Å².